The van der Waals surface area contributed by atoms with Crippen molar-refractivity contribution in [2.45, 2.75) is 51.7 Å². The van der Waals surface area contributed by atoms with Crippen molar-refractivity contribution in [3.05, 3.63) is 62.8 Å². The van der Waals surface area contributed by atoms with Crippen molar-refractivity contribution >= 4 is 11.8 Å². The maximum atomic E-state index is 13.9. The molecule has 1 fully saturated rings. The van der Waals surface area contributed by atoms with Crippen LogP contribution in [-0.2, 0) is 6.54 Å². The number of aromatic nitrogens is 1. The molecule has 0 spiro atoms. The van der Waals surface area contributed by atoms with Crippen LogP contribution < -0.4 is 15.8 Å². The molecule has 0 aliphatic carbocycles. The third kappa shape index (κ3) is 3.81. The van der Waals surface area contributed by atoms with E-state index in [9.17, 15) is 32.7 Å². The van der Waals surface area contributed by atoms with Crippen molar-refractivity contribution in [1.82, 2.24) is 14.9 Å². The van der Waals surface area contributed by atoms with Crippen LogP contribution in [0.15, 0.2) is 23.1 Å². The summed E-state index contributed by atoms with van der Waals surface area (Å²) in [6.45, 7) is 3.45. The number of carbonyl (C=O) groups excluding carboxylic acids is 2. The summed E-state index contributed by atoms with van der Waals surface area (Å²) in [5.74, 6) is -5.87. The summed E-state index contributed by atoms with van der Waals surface area (Å²) < 4.78 is 42.2. The molecule has 2 aliphatic heterocycles. The van der Waals surface area contributed by atoms with Crippen molar-refractivity contribution in [3.8, 4) is 5.75 Å². The van der Waals surface area contributed by atoms with Gasteiger partial charge in [-0.2, -0.15) is 0 Å². The van der Waals surface area contributed by atoms with Gasteiger partial charge in [-0.3, -0.25) is 24.1 Å². The molecule has 0 saturated carbocycles. The Morgan fingerprint density at radius 1 is 1.18 bits per heavy atom. The molecule has 1 aromatic carbocycles. The zero-order chi connectivity index (χ0) is 24.0. The lowest BCUT2D eigenvalue weighted by atomic mass is 10.1. The van der Waals surface area contributed by atoms with Gasteiger partial charge in [0.1, 0.15) is 29.7 Å². The summed E-state index contributed by atoms with van der Waals surface area (Å²) in [5, 5.41) is 14.6. The monoisotopic (exact) mass is 464 g/mol. The van der Waals surface area contributed by atoms with E-state index in [1.807, 2.05) is 18.9 Å². The number of halogens is 3. The first-order valence-electron chi connectivity index (χ1n) is 10.6. The SMILES string of the molecule is CC[C@@H]1CC[C@H](C)N2CN1n1cc(C(=O)NCc3c(F)cc(F)cc3F)c(=O)c(O)c1C2=O. The van der Waals surface area contributed by atoms with Crippen molar-refractivity contribution < 1.29 is 27.9 Å². The Bertz CT molecular complexity index is 1180. The van der Waals surface area contributed by atoms with E-state index >= 15 is 0 Å². The van der Waals surface area contributed by atoms with Gasteiger partial charge in [-0.15, -0.1) is 0 Å². The number of hydrogen-bond donors (Lipinski definition) is 2. The molecule has 8 nitrogen and oxygen atoms in total. The lowest BCUT2D eigenvalue weighted by molar-refractivity contribution is 0.0626. The minimum absolute atomic E-state index is 0.00970. The second-order valence-electron chi connectivity index (χ2n) is 8.29. The fourth-order valence-electron chi connectivity index (χ4n) is 4.37. The van der Waals surface area contributed by atoms with Crippen molar-refractivity contribution in [2.75, 3.05) is 11.7 Å². The van der Waals surface area contributed by atoms with Crippen LogP contribution >= 0.6 is 0 Å². The van der Waals surface area contributed by atoms with E-state index in [2.05, 4.69) is 5.32 Å². The molecule has 1 aromatic heterocycles. The highest BCUT2D eigenvalue weighted by atomic mass is 19.1. The van der Waals surface area contributed by atoms with Crippen molar-refractivity contribution in [2.24, 2.45) is 0 Å². The number of aromatic hydroxyl groups is 1. The Morgan fingerprint density at radius 3 is 2.48 bits per heavy atom. The van der Waals surface area contributed by atoms with E-state index < -0.39 is 58.1 Å². The normalized spacial score (nSPS) is 19.8. The van der Waals surface area contributed by atoms with E-state index in [0.29, 0.717) is 12.1 Å². The molecule has 0 radical (unpaired) electrons. The van der Waals surface area contributed by atoms with Crippen LogP contribution in [0.5, 0.6) is 5.75 Å². The average Bonchev–Trinajstić information content (AvgIpc) is 2.90. The fourth-order valence-corrected chi connectivity index (χ4v) is 4.37. The number of amides is 2. The van der Waals surface area contributed by atoms with Gasteiger partial charge in [-0.25, -0.2) is 13.2 Å². The molecule has 2 N–H and O–H groups in total. The Morgan fingerprint density at radius 2 is 1.85 bits per heavy atom. The number of hydrogen-bond acceptors (Lipinski definition) is 5. The highest BCUT2D eigenvalue weighted by Crippen LogP contribution is 2.29. The maximum absolute atomic E-state index is 13.9. The van der Waals surface area contributed by atoms with Crippen LogP contribution in [0, 0.1) is 17.5 Å². The maximum Gasteiger partial charge on any atom is 0.278 e. The number of carbonyl (C=O) groups is 2. The summed E-state index contributed by atoms with van der Waals surface area (Å²) in [6, 6.07) is 0.854. The fraction of sp³-hybridized carbons (Fsp3) is 0.409. The zero-order valence-electron chi connectivity index (χ0n) is 18.1. The van der Waals surface area contributed by atoms with E-state index in [1.165, 1.54) is 4.68 Å². The van der Waals surface area contributed by atoms with Gasteiger partial charge in [0.05, 0.1) is 0 Å². The number of nitrogens with one attached hydrogen (secondary N) is 1. The van der Waals surface area contributed by atoms with Gasteiger partial charge in [0, 0.05) is 42.5 Å². The topological polar surface area (TPSA) is 94.9 Å². The van der Waals surface area contributed by atoms with Crippen LogP contribution in [-0.4, -0.2) is 45.2 Å². The summed E-state index contributed by atoms with van der Waals surface area (Å²) in [5.41, 5.74) is -2.38. The van der Waals surface area contributed by atoms with Crippen molar-refractivity contribution in [3.63, 3.8) is 0 Å². The Kier molecular flexibility index (Phi) is 5.81. The number of fused-ring (bicyclic) bond motifs is 4. The lowest BCUT2D eigenvalue weighted by Gasteiger charge is -2.42. The van der Waals surface area contributed by atoms with E-state index in [0.717, 1.165) is 25.5 Å². The minimum Gasteiger partial charge on any atom is -0.502 e. The van der Waals surface area contributed by atoms with Crippen LogP contribution in [0.4, 0.5) is 13.2 Å². The molecular formula is C22H23F3N4O4. The Labute approximate surface area is 187 Å². The van der Waals surface area contributed by atoms with Gasteiger partial charge >= 0.3 is 0 Å². The molecule has 2 atom stereocenters. The Balaban J connectivity index is 1.71. The van der Waals surface area contributed by atoms with Gasteiger partial charge in [-0.1, -0.05) is 6.92 Å². The molecule has 2 aromatic rings. The molecule has 33 heavy (non-hydrogen) atoms. The standard InChI is InChI=1S/C22H23F3N4O4/c1-3-13-5-4-11(2)27-10-29(13)28-9-15(19(30)20(31)18(28)22(27)33)21(32)26-8-14-16(24)6-12(23)7-17(14)25/h6-7,9,11,13,31H,3-5,8,10H2,1-2H3,(H,26,32)/t11-,13+/m0/s1. The number of benzene rings is 1. The largest absolute Gasteiger partial charge is 0.502 e. The molecule has 2 bridgehead atoms. The van der Waals surface area contributed by atoms with E-state index in [-0.39, 0.29) is 24.4 Å². The summed E-state index contributed by atoms with van der Waals surface area (Å²) in [4.78, 5) is 40.1. The quantitative estimate of drug-likeness (QED) is 0.724. The average molecular weight is 464 g/mol. The first-order chi connectivity index (χ1) is 15.6. The minimum atomic E-state index is -1.19. The molecule has 2 amide bonds. The highest BCUT2D eigenvalue weighted by molar-refractivity contribution is 5.99. The third-order valence-corrected chi connectivity index (χ3v) is 6.32. The molecule has 0 unspecified atom stereocenters. The second kappa shape index (κ2) is 8.45. The third-order valence-electron chi connectivity index (χ3n) is 6.32. The molecule has 4 rings (SSSR count). The molecule has 11 heteroatoms. The van der Waals surface area contributed by atoms with Crippen LogP contribution in [0.1, 0.15) is 59.5 Å². The number of rotatable bonds is 4. The van der Waals surface area contributed by atoms with Gasteiger partial charge < -0.3 is 15.3 Å². The van der Waals surface area contributed by atoms with Gasteiger partial charge in [0.2, 0.25) is 5.43 Å². The second-order valence-corrected chi connectivity index (χ2v) is 8.29. The predicted octanol–water partition coefficient (Wildman–Crippen LogP) is 2.21. The van der Waals surface area contributed by atoms with Crippen LogP contribution in [0.25, 0.3) is 0 Å². The molecule has 1 saturated heterocycles. The lowest BCUT2D eigenvalue weighted by Crippen LogP contribution is -2.57. The zero-order valence-corrected chi connectivity index (χ0v) is 18.1. The van der Waals surface area contributed by atoms with Crippen LogP contribution in [0.2, 0.25) is 0 Å². The first-order valence-corrected chi connectivity index (χ1v) is 10.6. The molecule has 3 heterocycles. The van der Waals surface area contributed by atoms with Gasteiger partial charge in [-0.05, 0) is 26.2 Å². The molecule has 176 valence electrons. The summed E-state index contributed by atoms with van der Waals surface area (Å²) in [6.07, 6.45) is 3.39. The first kappa shape index (κ1) is 22.7. The Hall–Kier alpha value is -3.50. The number of nitrogens with zero attached hydrogens (tertiary/aromatic N) is 3. The van der Waals surface area contributed by atoms with Crippen molar-refractivity contribution in [1.29, 1.82) is 0 Å². The van der Waals surface area contributed by atoms with Gasteiger partial charge in [0.25, 0.3) is 11.8 Å². The van der Waals surface area contributed by atoms with Crippen LogP contribution in [0.3, 0.4) is 0 Å². The summed E-state index contributed by atoms with van der Waals surface area (Å²) in [7, 11) is 0. The smallest absolute Gasteiger partial charge is 0.278 e. The molecular weight excluding hydrogens is 441 g/mol. The predicted molar refractivity (Wildman–Crippen MR) is 112 cm³/mol. The molecule has 2 aliphatic rings. The van der Waals surface area contributed by atoms with E-state index in [4.69, 9.17) is 0 Å². The highest BCUT2D eigenvalue weighted by Gasteiger charge is 2.40. The van der Waals surface area contributed by atoms with Gasteiger partial charge in [0.15, 0.2) is 11.4 Å². The number of pyridine rings is 1. The van der Waals surface area contributed by atoms with E-state index in [1.54, 1.807) is 4.90 Å². The summed E-state index contributed by atoms with van der Waals surface area (Å²) >= 11 is 0.